The van der Waals surface area contributed by atoms with Gasteiger partial charge in [-0.3, -0.25) is 9.59 Å². The highest BCUT2D eigenvalue weighted by atomic mass is 35.5. The number of aliphatic hydroxyl groups is 2. The van der Waals surface area contributed by atoms with Crippen LogP contribution in [0.1, 0.15) is 18.4 Å². The predicted octanol–water partition coefficient (Wildman–Crippen LogP) is 3.07. The molecule has 9 heteroatoms. The van der Waals surface area contributed by atoms with E-state index < -0.39 is 18.2 Å². The molecule has 30 heavy (non-hydrogen) atoms. The second-order valence-corrected chi connectivity index (χ2v) is 9.79. The van der Waals surface area contributed by atoms with Gasteiger partial charge in [0.1, 0.15) is 11.5 Å². The van der Waals surface area contributed by atoms with Crippen molar-refractivity contribution >= 4 is 46.9 Å². The number of Topliss-reactive ketones (excluding diaryl/α,β-unsaturated/α-hetero) is 1. The predicted molar refractivity (Wildman–Crippen MR) is 122 cm³/mol. The van der Waals surface area contributed by atoms with Crippen molar-refractivity contribution in [1.82, 2.24) is 0 Å². The van der Waals surface area contributed by atoms with E-state index in [0.717, 1.165) is 12.0 Å². The number of carboxylic acids is 1. The number of carboxylic acid groups (broad SMARTS) is 1. The maximum absolute atomic E-state index is 12.3. The summed E-state index contributed by atoms with van der Waals surface area (Å²) in [5.41, 5.74) is 0.853. The topological polar surface area (TPSA) is 104 Å². The van der Waals surface area contributed by atoms with Crippen molar-refractivity contribution in [2.75, 3.05) is 24.4 Å². The van der Waals surface area contributed by atoms with E-state index in [0.29, 0.717) is 28.7 Å². The Bertz CT molecular complexity index is 757. The Kier molecular flexibility index (Phi) is 10.5. The number of hydrogen-bond acceptors (Lipinski definition) is 7. The highest BCUT2D eigenvalue weighted by molar-refractivity contribution is 8.01. The van der Waals surface area contributed by atoms with E-state index in [1.165, 1.54) is 30.6 Å². The molecule has 1 aromatic carbocycles. The molecule has 2 rings (SSSR count). The molecular formula is C21H27ClO6S2. The minimum atomic E-state index is -0.831. The Morgan fingerprint density at radius 3 is 2.83 bits per heavy atom. The van der Waals surface area contributed by atoms with Gasteiger partial charge in [-0.15, -0.1) is 11.8 Å². The number of carbonyl (C=O) groups is 2. The first-order valence-electron chi connectivity index (χ1n) is 9.62. The lowest BCUT2D eigenvalue weighted by Crippen LogP contribution is -2.22. The van der Waals surface area contributed by atoms with Crippen molar-refractivity contribution in [3.8, 4) is 5.75 Å². The Morgan fingerprint density at radius 1 is 1.40 bits per heavy atom. The molecule has 1 aliphatic rings. The third kappa shape index (κ3) is 7.81. The minimum absolute atomic E-state index is 0.0109. The van der Waals surface area contributed by atoms with Crippen LogP contribution in [0.3, 0.4) is 0 Å². The van der Waals surface area contributed by atoms with E-state index in [2.05, 4.69) is 0 Å². The molecule has 1 saturated carbocycles. The lowest BCUT2D eigenvalue weighted by atomic mass is 10.0. The van der Waals surface area contributed by atoms with Crippen LogP contribution in [0.2, 0.25) is 5.02 Å². The van der Waals surface area contributed by atoms with Crippen LogP contribution in [0.15, 0.2) is 30.4 Å². The largest absolute Gasteiger partial charge is 0.495 e. The quantitative estimate of drug-likeness (QED) is 0.313. The van der Waals surface area contributed by atoms with E-state index in [9.17, 15) is 19.8 Å². The lowest BCUT2D eigenvalue weighted by molar-refractivity contribution is -0.133. The van der Waals surface area contributed by atoms with Gasteiger partial charge in [-0.25, -0.2) is 0 Å². The van der Waals surface area contributed by atoms with Crippen LogP contribution in [-0.2, 0) is 16.0 Å². The number of carbonyl (C=O) groups excluding carboxylic acids is 1. The molecule has 0 spiro atoms. The number of halogens is 1. The van der Waals surface area contributed by atoms with Gasteiger partial charge in [0.15, 0.2) is 0 Å². The number of ketones is 1. The number of ether oxygens (including phenoxy) is 1. The van der Waals surface area contributed by atoms with Crippen molar-refractivity contribution in [3.63, 3.8) is 0 Å². The van der Waals surface area contributed by atoms with Gasteiger partial charge < -0.3 is 20.1 Å². The van der Waals surface area contributed by atoms with Crippen LogP contribution in [0, 0.1) is 5.92 Å². The number of rotatable bonds is 12. The zero-order valence-electron chi connectivity index (χ0n) is 16.7. The van der Waals surface area contributed by atoms with Crippen molar-refractivity contribution in [2.24, 2.45) is 5.92 Å². The summed E-state index contributed by atoms with van der Waals surface area (Å²) < 4.78 is 5.12. The van der Waals surface area contributed by atoms with Crippen LogP contribution in [0.25, 0.3) is 0 Å². The van der Waals surface area contributed by atoms with Crippen molar-refractivity contribution in [1.29, 1.82) is 0 Å². The Morgan fingerprint density at radius 2 is 2.17 bits per heavy atom. The first-order valence-corrected chi connectivity index (χ1v) is 12.2. The summed E-state index contributed by atoms with van der Waals surface area (Å²) in [4.78, 5) is 22.8. The van der Waals surface area contributed by atoms with Gasteiger partial charge in [0.2, 0.25) is 0 Å². The Labute approximate surface area is 190 Å². The summed E-state index contributed by atoms with van der Waals surface area (Å²) in [6.45, 7) is 0. The third-order valence-corrected chi connectivity index (χ3v) is 7.48. The number of thioether (sulfide) groups is 2. The molecule has 4 atom stereocenters. The number of benzene rings is 1. The molecule has 0 aromatic heterocycles. The fraction of sp³-hybridized carbons (Fsp3) is 0.524. The molecule has 0 saturated heterocycles. The molecule has 1 unspecified atom stereocenters. The average Bonchev–Trinajstić information content (AvgIpc) is 2.95. The van der Waals surface area contributed by atoms with Crippen LogP contribution < -0.4 is 4.74 Å². The van der Waals surface area contributed by atoms with Crippen LogP contribution in [0.5, 0.6) is 5.75 Å². The summed E-state index contributed by atoms with van der Waals surface area (Å²) in [5, 5.41) is 29.4. The van der Waals surface area contributed by atoms with Gasteiger partial charge in [0, 0.05) is 18.8 Å². The molecule has 0 aliphatic heterocycles. The van der Waals surface area contributed by atoms with Crippen molar-refractivity contribution < 1.29 is 29.6 Å². The molecule has 3 N–H and O–H groups in total. The highest BCUT2D eigenvalue weighted by Gasteiger charge is 2.40. The fourth-order valence-corrected chi connectivity index (χ4v) is 5.71. The molecule has 1 aromatic rings. The molecule has 0 radical (unpaired) electrons. The Balaban J connectivity index is 1.86. The number of hydrogen-bond donors (Lipinski definition) is 3. The van der Waals surface area contributed by atoms with E-state index in [4.69, 9.17) is 21.4 Å². The van der Waals surface area contributed by atoms with Crippen LogP contribution in [-0.4, -0.2) is 68.9 Å². The van der Waals surface area contributed by atoms with Crippen molar-refractivity contribution in [2.45, 2.75) is 36.7 Å². The summed E-state index contributed by atoms with van der Waals surface area (Å²) in [6, 6.07) is 5.32. The molecule has 0 heterocycles. The smallest absolute Gasteiger partial charge is 0.313 e. The monoisotopic (exact) mass is 474 g/mol. The molecule has 166 valence electrons. The van der Waals surface area contributed by atoms with Gasteiger partial charge in [0.25, 0.3) is 0 Å². The summed E-state index contributed by atoms with van der Waals surface area (Å²) in [6.07, 6.45) is 3.11. The van der Waals surface area contributed by atoms with Gasteiger partial charge in [-0.05, 0) is 35.6 Å². The zero-order valence-corrected chi connectivity index (χ0v) is 19.1. The molecule has 0 bridgehead atoms. The third-order valence-electron chi connectivity index (χ3n) is 4.69. The molecule has 6 nitrogen and oxygen atoms in total. The second kappa shape index (κ2) is 12.6. The van der Waals surface area contributed by atoms with E-state index in [-0.39, 0.29) is 29.1 Å². The van der Waals surface area contributed by atoms with Crippen molar-refractivity contribution in [3.05, 3.63) is 40.9 Å². The van der Waals surface area contributed by atoms with E-state index >= 15 is 0 Å². The average molecular weight is 475 g/mol. The highest BCUT2D eigenvalue weighted by Crippen LogP contribution is 2.34. The maximum atomic E-state index is 12.3. The SMILES string of the molecule is COc1ccc(CC(O)/C=C/[C@H]2[C@H](O)CC(=O)[C@@H]2SCCCSCC(=O)O)cc1Cl. The van der Waals surface area contributed by atoms with Gasteiger partial charge >= 0.3 is 5.97 Å². The molecule has 1 aliphatic carbocycles. The summed E-state index contributed by atoms with van der Waals surface area (Å²) >= 11 is 8.96. The Hall–Kier alpha value is -1.19. The summed E-state index contributed by atoms with van der Waals surface area (Å²) in [7, 11) is 1.54. The first-order chi connectivity index (χ1) is 14.3. The minimum Gasteiger partial charge on any atom is -0.495 e. The second-order valence-electron chi connectivity index (χ2n) is 7.03. The van der Waals surface area contributed by atoms with E-state index in [1.54, 1.807) is 24.3 Å². The standard InChI is InChI=1S/C21H27ClO6S2/c1-28-19-6-3-13(10-16(19)22)9-14(23)4-5-15-17(24)11-18(25)21(15)30-8-2-7-29-12-20(26)27/h3-6,10,14-15,17,21,23-24H,2,7-9,11-12H2,1H3,(H,26,27)/b5-4+/t14?,15-,17+,21+/m0/s1. The van der Waals surface area contributed by atoms with Crippen LogP contribution in [0.4, 0.5) is 0 Å². The fourth-order valence-electron chi connectivity index (χ4n) is 3.24. The molecule has 1 fully saturated rings. The van der Waals surface area contributed by atoms with Crippen LogP contribution >= 0.6 is 35.1 Å². The molecule has 0 amide bonds. The molecular weight excluding hydrogens is 448 g/mol. The van der Waals surface area contributed by atoms with E-state index in [1.807, 2.05) is 6.07 Å². The lowest BCUT2D eigenvalue weighted by Gasteiger charge is -2.17. The zero-order chi connectivity index (χ0) is 22.1. The number of methoxy groups -OCH3 is 1. The maximum Gasteiger partial charge on any atom is 0.313 e. The van der Waals surface area contributed by atoms with Gasteiger partial charge in [0.05, 0.1) is 35.3 Å². The number of aliphatic hydroxyl groups excluding tert-OH is 2. The normalized spacial score (nSPS) is 22.5. The number of aliphatic carboxylic acids is 1. The van der Waals surface area contributed by atoms with Gasteiger partial charge in [-0.2, -0.15) is 11.8 Å². The van der Waals surface area contributed by atoms with Gasteiger partial charge in [-0.1, -0.05) is 29.8 Å². The summed E-state index contributed by atoms with van der Waals surface area (Å²) in [5.74, 6) is 0.912. The first kappa shape index (κ1) is 25.1.